The molecule has 2 rings (SSSR count). The molecule has 0 amide bonds. The average molecular weight is 126 g/mol. The largest absolute Gasteiger partial charge is 0.269 e. The molecule has 0 aromatic rings. The van der Waals surface area contributed by atoms with E-state index >= 15 is 0 Å². The predicted octanol–water partition coefficient (Wildman–Crippen LogP) is 0.734. The van der Waals surface area contributed by atoms with Gasteiger partial charge in [-0.15, -0.1) is 0 Å². The maximum absolute atomic E-state index is 5.75. The van der Waals surface area contributed by atoms with Gasteiger partial charge in [0.15, 0.2) is 0 Å². The first kappa shape index (κ1) is 5.69. The molecule has 2 heteroatoms. The summed E-state index contributed by atoms with van der Waals surface area (Å²) in [6.07, 6.45) is 5.52. The maximum Gasteiger partial charge on any atom is 0.0269 e. The van der Waals surface area contributed by atoms with Crippen LogP contribution in [0.5, 0.6) is 0 Å². The molecule has 1 aliphatic carbocycles. The molecule has 0 aromatic heterocycles. The van der Waals surface area contributed by atoms with Crippen molar-refractivity contribution in [2.45, 2.75) is 31.7 Å². The molecule has 0 spiro atoms. The Bertz CT molecular complexity index is 109. The van der Waals surface area contributed by atoms with E-state index in [-0.39, 0.29) is 0 Å². The van der Waals surface area contributed by atoms with Gasteiger partial charge in [0.1, 0.15) is 0 Å². The smallest absolute Gasteiger partial charge is 0.0269 e. The second-order valence-corrected chi connectivity index (χ2v) is 3.28. The van der Waals surface area contributed by atoms with E-state index in [9.17, 15) is 0 Å². The molecule has 2 fully saturated rings. The van der Waals surface area contributed by atoms with Gasteiger partial charge in [-0.1, -0.05) is 0 Å². The Balaban J connectivity index is 1.93. The molecule has 9 heavy (non-hydrogen) atoms. The van der Waals surface area contributed by atoms with Crippen molar-refractivity contribution in [2.24, 2.45) is 11.8 Å². The Morgan fingerprint density at radius 3 is 2.44 bits per heavy atom. The second-order valence-electron chi connectivity index (χ2n) is 3.28. The predicted molar refractivity (Wildman–Crippen MR) is 36.6 cm³/mol. The third-order valence-corrected chi connectivity index (χ3v) is 2.51. The topological polar surface area (TPSA) is 29.3 Å². The molecule has 1 saturated heterocycles. The van der Waals surface area contributed by atoms with Crippen LogP contribution in [0, 0.1) is 5.92 Å². The van der Waals surface area contributed by atoms with Crippen LogP contribution in [-0.2, 0) is 0 Å². The lowest BCUT2D eigenvalue weighted by Gasteiger charge is -2.17. The standard InChI is InChI=1S/C7H14N2/c8-9-5-1-2-7(9)6-3-4-6/h6-7H,1-5,8H2. The molecule has 0 radical (unpaired) electrons. The Labute approximate surface area is 56.0 Å². The van der Waals surface area contributed by atoms with Crippen LogP contribution in [0.3, 0.4) is 0 Å². The molecule has 0 bridgehead atoms. The maximum atomic E-state index is 5.75. The Morgan fingerprint density at radius 2 is 2.00 bits per heavy atom. The summed E-state index contributed by atoms with van der Waals surface area (Å²) in [7, 11) is 0. The molecule has 1 aliphatic heterocycles. The number of hydrogen-bond donors (Lipinski definition) is 1. The summed E-state index contributed by atoms with van der Waals surface area (Å²) in [4.78, 5) is 0. The Morgan fingerprint density at radius 1 is 1.22 bits per heavy atom. The number of nitrogens with zero attached hydrogens (tertiary/aromatic N) is 1. The van der Waals surface area contributed by atoms with Gasteiger partial charge < -0.3 is 0 Å². The monoisotopic (exact) mass is 126 g/mol. The van der Waals surface area contributed by atoms with Crippen LogP contribution < -0.4 is 5.84 Å². The summed E-state index contributed by atoms with van der Waals surface area (Å²) in [5.74, 6) is 6.72. The highest BCUT2D eigenvalue weighted by molar-refractivity contribution is 4.89. The highest BCUT2D eigenvalue weighted by Crippen LogP contribution is 2.38. The molecule has 2 N–H and O–H groups in total. The fraction of sp³-hybridized carbons (Fsp3) is 1.00. The first-order valence-electron chi connectivity index (χ1n) is 3.89. The minimum Gasteiger partial charge on any atom is -0.269 e. The highest BCUT2D eigenvalue weighted by Gasteiger charge is 2.36. The van der Waals surface area contributed by atoms with Crippen molar-refractivity contribution in [1.29, 1.82) is 0 Å². The first-order chi connectivity index (χ1) is 4.38. The number of rotatable bonds is 1. The van der Waals surface area contributed by atoms with Crippen LogP contribution in [0.25, 0.3) is 0 Å². The molecule has 1 atom stereocenters. The van der Waals surface area contributed by atoms with Crippen LogP contribution in [0.4, 0.5) is 0 Å². The molecule has 0 aromatic carbocycles. The molecular weight excluding hydrogens is 112 g/mol. The molecule has 1 saturated carbocycles. The Kier molecular flexibility index (Phi) is 1.24. The van der Waals surface area contributed by atoms with Crippen molar-refractivity contribution in [2.75, 3.05) is 6.54 Å². The summed E-state index contributed by atoms with van der Waals surface area (Å²) >= 11 is 0. The number of nitrogens with two attached hydrogens (primary N) is 1. The van der Waals surface area contributed by atoms with E-state index in [1.807, 2.05) is 5.01 Å². The molecule has 1 heterocycles. The van der Waals surface area contributed by atoms with Gasteiger partial charge in [0.05, 0.1) is 0 Å². The van der Waals surface area contributed by atoms with Gasteiger partial charge >= 0.3 is 0 Å². The van der Waals surface area contributed by atoms with Crippen molar-refractivity contribution in [3.63, 3.8) is 0 Å². The zero-order chi connectivity index (χ0) is 6.27. The fourth-order valence-electron chi connectivity index (χ4n) is 1.80. The van der Waals surface area contributed by atoms with Gasteiger partial charge in [-0.3, -0.25) is 5.84 Å². The minimum absolute atomic E-state index is 0.755. The van der Waals surface area contributed by atoms with Crippen LogP contribution in [0.1, 0.15) is 25.7 Å². The minimum atomic E-state index is 0.755. The lowest BCUT2D eigenvalue weighted by molar-refractivity contribution is 0.239. The van der Waals surface area contributed by atoms with Gasteiger partial charge in [-0.05, 0) is 31.6 Å². The van der Waals surface area contributed by atoms with Crippen molar-refractivity contribution in [1.82, 2.24) is 5.01 Å². The fourth-order valence-corrected chi connectivity index (χ4v) is 1.80. The van der Waals surface area contributed by atoms with Crippen LogP contribution >= 0.6 is 0 Å². The van der Waals surface area contributed by atoms with E-state index in [1.165, 1.54) is 25.7 Å². The quantitative estimate of drug-likeness (QED) is 0.525. The lowest BCUT2D eigenvalue weighted by atomic mass is 10.1. The van der Waals surface area contributed by atoms with Gasteiger partial charge in [-0.2, -0.15) is 0 Å². The van der Waals surface area contributed by atoms with Crippen molar-refractivity contribution < 1.29 is 0 Å². The third kappa shape index (κ3) is 0.970. The van der Waals surface area contributed by atoms with E-state index in [0.29, 0.717) is 0 Å². The summed E-state index contributed by atoms with van der Waals surface area (Å²) in [5, 5.41) is 2.04. The van der Waals surface area contributed by atoms with Crippen molar-refractivity contribution >= 4 is 0 Å². The number of hydrazine groups is 1. The van der Waals surface area contributed by atoms with Gasteiger partial charge in [0.25, 0.3) is 0 Å². The lowest BCUT2D eigenvalue weighted by Crippen LogP contribution is -2.36. The van der Waals surface area contributed by atoms with E-state index in [4.69, 9.17) is 5.84 Å². The second kappa shape index (κ2) is 1.96. The van der Waals surface area contributed by atoms with Gasteiger partial charge in [-0.25, -0.2) is 5.01 Å². The average Bonchev–Trinajstić information content (AvgIpc) is 2.58. The van der Waals surface area contributed by atoms with E-state index < -0.39 is 0 Å². The Hall–Kier alpha value is -0.0800. The van der Waals surface area contributed by atoms with E-state index in [0.717, 1.165) is 18.5 Å². The first-order valence-corrected chi connectivity index (χ1v) is 3.89. The van der Waals surface area contributed by atoms with Crippen molar-refractivity contribution in [3.8, 4) is 0 Å². The van der Waals surface area contributed by atoms with Crippen LogP contribution in [0.2, 0.25) is 0 Å². The van der Waals surface area contributed by atoms with Crippen LogP contribution in [0.15, 0.2) is 0 Å². The summed E-state index contributed by atoms with van der Waals surface area (Å²) in [6.45, 7) is 1.13. The zero-order valence-corrected chi connectivity index (χ0v) is 5.71. The highest BCUT2D eigenvalue weighted by atomic mass is 15.4. The van der Waals surface area contributed by atoms with Gasteiger partial charge in [0, 0.05) is 12.6 Å². The summed E-state index contributed by atoms with van der Waals surface area (Å²) in [6, 6.07) is 0.755. The molecule has 1 unspecified atom stereocenters. The van der Waals surface area contributed by atoms with E-state index in [1.54, 1.807) is 0 Å². The SMILES string of the molecule is NN1CCCC1C1CC1. The van der Waals surface area contributed by atoms with Crippen LogP contribution in [-0.4, -0.2) is 17.6 Å². The number of hydrogen-bond acceptors (Lipinski definition) is 2. The summed E-state index contributed by atoms with van der Waals surface area (Å²) in [5.41, 5.74) is 0. The molecule has 2 aliphatic rings. The van der Waals surface area contributed by atoms with E-state index in [2.05, 4.69) is 0 Å². The normalized spacial score (nSPS) is 37.7. The van der Waals surface area contributed by atoms with Gasteiger partial charge in [0.2, 0.25) is 0 Å². The van der Waals surface area contributed by atoms with Crippen molar-refractivity contribution in [3.05, 3.63) is 0 Å². The summed E-state index contributed by atoms with van der Waals surface area (Å²) < 4.78 is 0. The third-order valence-electron chi connectivity index (χ3n) is 2.51. The molecule has 2 nitrogen and oxygen atoms in total. The molecule has 52 valence electrons. The molecular formula is C7H14N2. The zero-order valence-electron chi connectivity index (χ0n) is 5.71.